The van der Waals surface area contributed by atoms with Gasteiger partial charge in [0.1, 0.15) is 5.82 Å². The van der Waals surface area contributed by atoms with Crippen LogP contribution in [0.2, 0.25) is 0 Å². The van der Waals surface area contributed by atoms with Gasteiger partial charge in [-0.2, -0.15) is 0 Å². The van der Waals surface area contributed by atoms with Gasteiger partial charge in [-0.3, -0.25) is 0 Å². The van der Waals surface area contributed by atoms with Crippen LogP contribution in [0.25, 0.3) is 0 Å². The molecule has 1 aromatic rings. The molecule has 0 heterocycles. The number of aliphatic imine (C=N–C) groups is 1. The minimum Gasteiger partial charge on any atom is -0.478 e. The maximum Gasteiger partial charge on any atom is 0.336 e. The van der Waals surface area contributed by atoms with Crippen molar-refractivity contribution >= 4 is 17.9 Å². The van der Waals surface area contributed by atoms with E-state index in [0.29, 0.717) is 11.7 Å². The average molecular weight is 411 g/mol. The number of carboxylic acid groups (broad SMARTS) is 1. The Morgan fingerprint density at radius 2 is 1.97 bits per heavy atom. The minimum atomic E-state index is -0.984. The smallest absolute Gasteiger partial charge is 0.336 e. The summed E-state index contributed by atoms with van der Waals surface area (Å²) in [6, 6.07) is 4.67. The fraction of sp³-hybridized carbons (Fsp3) is 0.538. The Bertz CT molecular complexity index is 883. The fourth-order valence-corrected chi connectivity index (χ4v) is 3.94. The van der Waals surface area contributed by atoms with Gasteiger partial charge in [-0.15, -0.1) is 0 Å². The van der Waals surface area contributed by atoms with E-state index in [1.165, 1.54) is 22.9 Å². The van der Waals surface area contributed by atoms with Gasteiger partial charge in [0.15, 0.2) is 0 Å². The third-order valence-corrected chi connectivity index (χ3v) is 5.88. The van der Waals surface area contributed by atoms with Crippen LogP contribution in [0.4, 0.5) is 5.69 Å². The number of hydrogen-bond donors (Lipinski definition) is 1. The molecule has 0 fully saturated rings. The molecule has 1 aliphatic rings. The summed E-state index contributed by atoms with van der Waals surface area (Å²) >= 11 is 0. The molecule has 0 saturated heterocycles. The van der Waals surface area contributed by atoms with Gasteiger partial charge < -0.3 is 10.0 Å². The predicted molar refractivity (Wildman–Crippen MR) is 128 cm³/mol. The molecule has 1 aromatic carbocycles. The summed E-state index contributed by atoms with van der Waals surface area (Å²) in [6.07, 6.45) is 5.10. The molecule has 1 aliphatic carbocycles. The molecule has 0 amide bonds. The van der Waals surface area contributed by atoms with E-state index in [0.717, 1.165) is 25.1 Å². The Morgan fingerprint density at radius 1 is 1.33 bits per heavy atom. The molecule has 0 atom stereocenters. The highest BCUT2D eigenvalue weighted by Crippen LogP contribution is 2.45. The van der Waals surface area contributed by atoms with Crippen LogP contribution in [0.15, 0.2) is 41.2 Å². The third-order valence-electron chi connectivity index (χ3n) is 5.88. The number of nitrogens with zero attached hydrogens (tertiary/aromatic N) is 2. The van der Waals surface area contributed by atoms with Crippen molar-refractivity contribution in [2.24, 2.45) is 10.9 Å². The molecular weight excluding hydrogens is 372 g/mol. The van der Waals surface area contributed by atoms with E-state index >= 15 is 0 Å². The summed E-state index contributed by atoms with van der Waals surface area (Å²) in [5.74, 6) is -0.00920. The van der Waals surface area contributed by atoms with Crippen LogP contribution in [0.1, 0.15) is 78.5 Å². The van der Waals surface area contributed by atoms with Crippen LogP contribution in [0, 0.1) is 5.92 Å². The lowest BCUT2D eigenvalue weighted by Gasteiger charge is -2.32. The lowest BCUT2D eigenvalue weighted by atomic mass is 9.80. The summed E-state index contributed by atoms with van der Waals surface area (Å²) in [6.45, 7) is 22.4. The molecule has 30 heavy (non-hydrogen) atoms. The van der Waals surface area contributed by atoms with Crippen molar-refractivity contribution in [3.05, 3.63) is 52.9 Å². The van der Waals surface area contributed by atoms with Gasteiger partial charge in [-0.1, -0.05) is 67.2 Å². The van der Waals surface area contributed by atoms with Gasteiger partial charge >= 0.3 is 5.97 Å². The highest BCUT2D eigenvalue weighted by atomic mass is 16.4. The van der Waals surface area contributed by atoms with Crippen LogP contribution in [0.3, 0.4) is 0 Å². The largest absolute Gasteiger partial charge is 0.478 e. The van der Waals surface area contributed by atoms with Crippen molar-refractivity contribution in [1.29, 1.82) is 0 Å². The summed E-state index contributed by atoms with van der Waals surface area (Å²) in [5.41, 5.74) is 5.58. The second-order valence-electron chi connectivity index (χ2n) is 10.4. The number of carboxylic acids is 1. The molecule has 4 nitrogen and oxygen atoms in total. The number of rotatable bonds is 7. The Kier molecular flexibility index (Phi) is 7.01. The number of hydrogen-bond acceptors (Lipinski definition) is 3. The molecule has 4 heteroatoms. The molecule has 0 aliphatic heterocycles. The Morgan fingerprint density at radius 3 is 2.47 bits per heavy atom. The van der Waals surface area contributed by atoms with E-state index in [9.17, 15) is 9.90 Å². The van der Waals surface area contributed by atoms with E-state index in [1.807, 2.05) is 0 Å². The number of carbonyl (C=O) groups is 1. The molecular formula is C26H38N2O2. The second kappa shape index (κ2) is 8.79. The highest BCUT2D eigenvalue weighted by molar-refractivity contribution is 6.08. The fourth-order valence-electron chi connectivity index (χ4n) is 3.94. The lowest BCUT2D eigenvalue weighted by Crippen LogP contribution is -2.28. The molecule has 0 bridgehead atoms. The van der Waals surface area contributed by atoms with Gasteiger partial charge in [0.25, 0.3) is 0 Å². The van der Waals surface area contributed by atoms with Crippen molar-refractivity contribution in [3.63, 3.8) is 0 Å². The van der Waals surface area contributed by atoms with Gasteiger partial charge in [-0.25, -0.2) is 9.79 Å². The molecule has 2 rings (SSSR count). The van der Waals surface area contributed by atoms with Gasteiger partial charge in [0.2, 0.25) is 0 Å². The van der Waals surface area contributed by atoms with E-state index in [-0.39, 0.29) is 16.4 Å². The SMILES string of the molecule is C=C(N=C/C(=C\C)C(=O)O)N(CC(C)C)c1cc(C(C)(C)C)cc2c1CCC2(C)C. The topological polar surface area (TPSA) is 52.9 Å². The van der Waals surface area contributed by atoms with Crippen molar-refractivity contribution < 1.29 is 9.90 Å². The average Bonchev–Trinajstić information content (AvgIpc) is 2.93. The summed E-state index contributed by atoms with van der Waals surface area (Å²) in [7, 11) is 0. The summed E-state index contributed by atoms with van der Waals surface area (Å²) in [5, 5.41) is 9.29. The Balaban J connectivity index is 2.62. The molecule has 0 aromatic heterocycles. The van der Waals surface area contributed by atoms with Crippen LogP contribution in [-0.2, 0) is 22.0 Å². The zero-order valence-corrected chi connectivity index (χ0v) is 20.0. The van der Waals surface area contributed by atoms with Crippen LogP contribution in [-0.4, -0.2) is 23.8 Å². The van der Waals surface area contributed by atoms with Crippen LogP contribution in [0.5, 0.6) is 0 Å². The standard InChI is InChI=1S/C26H38N2O2/c1-10-19(24(29)30)15-27-18(4)28(16-17(2)3)23-14-20(25(5,6)7)13-22-21(23)11-12-26(22,8)9/h10,13-15,17H,4,11-12,16H2,1-3,5-9H3,(H,29,30)/b19-10+,27-15?. The minimum absolute atomic E-state index is 0.0258. The van der Waals surface area contributed by atoms with Crippen LogP contribution < -0.4 is 4.90 Å². The van der Waals surface area contributed by atoms with Crippen molar-refractivity contribution in [3.8, 4) is 0 Å². The second-order valence-corrected chi connectivity index (χ2v) is 10.4. The number of fused-ring (bicyclic) bond motifs is 1. The maximum absolute atomic E-state index is 11.3. The zero-order valence-electron chi connectivity index (χ0n) is 20.0. The normalized spacial score (nSPS) is 16.2. The number of aliphatic carboxylic acids is 1. The summed E-state index contributed by atoms with van der Waals surface area (Å²) < 4.78 is 0. The van der Waals surface area contributed by atoms with E-state index in [1.54, 1.807) is 13.0 Å². The molecule has 1 N–H and O–H groups in total. The quantitative estimate of drug-likeness (QED) is 0.427. The highest BCUT2D eigenvalue weighted by Gasteiger charge is 2.34. The summed E-state index contributed by atoms with van der Waals surface area (Å²) in [4.78, 5) is 18.0. The lowest BCUT2D eigenvalue weighted by molar-refractivity contribution is -0.132. The van der Waals surface area contributed by atoms with Crippen molar-refractivity contribution in [2.75, 3.05) is 11.4 Å². The first kappa shape index (κ1) is 23.9. The van der Waals surface area contributed by atoms with E-state index in [2.05, 4.69) is 77.1 Å². The number of anilines is 1. The first-order chi connectivity index (χ1) is 13.8. The monoisotopic (exact) mass is 410 g/mol. The first-order valence-electron chi connectivity index (χ1n) is 10.9. The van der Waals surface area contributed by atoms with Gasteiger partial charge in [0.05, 0.1) is 5.57 Å². The van der Waals surface area contributed by atoms with E-state index in [4.69, 9.17) is 0 Å². The molecule has 0 spiro atoms. The van der Waals surface area contributed by atoms with E-state index < -0.39 is 5.97 Å². The number of allylic oxidation sites excluding steroid dienone is 1. The molecule has 0 unspecified atom stereocenters. The number of benzene rings is 1. The molecule has 0 saturated carbocycles. The zero-order chi connectivity index (χ0) is 22.9. The predicted octanol–water partition coefficient (Wildman–Crippen LogP) is 6.24. The van der Waals surface area contributed by atoms with Gasteiger partial charge in [0, 0.05) is 18.4 Å². The Hall–Kier alpha value is -2.36. The maximum atomic E-state index is 11.3. The molecule has 164 valence electrons. The third kappa shape index (κ3) is 5.21. The van der Waals surface area contributed by atoms with Crippen molar-refractivity contribution in [2.45, 2.75) is 79.1 Å². The molecule has 0 radical (unpaired) electrons. The first-order valence-corrected chi connectivity index (χ1v) is 10.9. The van der Waals surface area contributed by atoms with Gasteiger partial charge in [-0.05, 0) is 59.3 Å². The Labute approximate surface area is 182 Å². The van der Waals surface area contributed by atoms with Crippen LogP contribution >= 0.6 is 0 Å². The van der Waals surface area contributed by atoms with Crippen molar-refractivity contribution in [1.82, 2.24) is 0 Å².